The van der Waals surface area contributed by atoms with Crippen molar-refractivity contribution in [3.05, 3.63) is 92.8 Å². The van der Waals surface area contributed by atoms with E-state index in [9.17, 15) is 18.7 Å². The number of terminal acetylenes is 1. The second-order valence-electron chi connectivity index (χ2n) is 14.7. The van der Waals surface area contributed by atoms with Gasteiger partial charge < -0.3 is 15.0 Å². The van der Waals surface area contributed by atoms with E-state index < -0.39 is 89.6 Å². The number of nitrogens with zero attached hydrogens (tertiary/aromatic N) is 5. The molecule has 2 aliphatic rings. The lowest BCUT2D eigenvalue weighted by Gasteiger charge is -2.23. The zero-order valence-electron chi connectivity index (χ0n) is 31.0. The van der Waals surface area contributed by atoms with E-state index >= 15 is 22.0 Å². The van der Waals surface area contributed by atoms with Gasteiger partial charge >= 0.3 is 0 Å². The summed E-state index contributed by atoms with van der Waals surface area (Å²) in [5.74, 6) is 1.15. The molecule has 1 aliphatic carbocycles. The number of alkyl halides is 4. The molecule has 0 spiro atoms. The number of anilines is 1. The van der Waals surface area contributed by atoms with E-state index in [1.54, 1.807) is 31.3 Å². The summed E-state index contributed by atoms with van der Waals surface area (Å²) >= 11 is 3.81. The van der Waals surface area contributed by atoms with Gasteiger partial charge in [-0.05, 0) is 80.5 Å². The second kappa shape index (κ2) is 15.4. The van der Waals surface area contributed by atoms with Gasteiger partial charge in [0.15, 0.2) is 12.0 Å². The van der Waals surface area contributed by atoms with Crippen LogP contribution in [0.4, 0.5) is 27.8 Å². The third-order valence-corrected chi connectivity index (χ3v) is 10.6. The summed E-state index contributed by atoms with van der Waals surface area (Å²) in [6.45, 7) is 2.06. The Hall–Kier alpha value is -5.33. The quantitative estimate of drug-likeness (QED) is 0.106. The lowest BCUT2D eigenvalue weighted by atomic mass is 9.92. The van der Waals surface area contributed by atoms with Crippen LogP contribution in [-0.2, 0) is 48.4 Å². The maximum Gasteiger partial charge on any atom is 0.291 e. The molecule has 4 heterocycles. The first-order valence-electron chi connectivity index (χ1n) is 17.9. The highest BCUT2D eigenvalue weighted by atomic mass is 35.5. The first-order valence-corrected chi connectivity index (χ1v) is 19.4. The van der Waals surface area contributed by atoms with Crippen molar-refractivity contribution in [1.29, 1.82) is 0 Å². The number of pyridine rings is 1. The Morgan fingerprint density at radius 1 is 1.12 bits per heavy atom. The third-order valence-electron chi connectivity index (χ3n) is 9.91. The summed E-state index contributed by atoms with van der Waals surface area (Å²) in [4.78, 5) is 18.9. The molecule has 3 N–H and O–H groups in total. The molecule has 0 fully saturated rings. The van der Waals surface area contributed by atoms with Crippen LogP contribution in [0, 0.1) is 30.0 Å². The molecule has 7 rings (SSSR count). The minimum atomic E-state index is -3.62. The number of hydrogen-bond donors (Lipinski definition) is 3. The summed E-state index contributed by atoms with van der Waals surface area (Å²) in [5.41, 5.74) is -1.18. The zero-order chi connectivity index (χ0) is 41.8. The summed E-state index contributed by atoms with van der Waals surface area (Å²) in [6.07, 6.45) is -0.765. The normalized spacial score (nSPS) is 21.2. The van der Waals surface area contributed by atoms with E-state index in [0.717, 1.165) is 0 Å². The number of carbonyl (C=O) groups is 1. The lowest BCUT2D eigenvalue weighted by Crippen LogP contribution is -2.35. The molecule has 58 heavy (non-hydrogen) atoms. The first-order chi connectivity index (χ1) is 27.3. The van der Waals surface area contributed by atoms with E-state index in [1.807, 2.05) is 0 Å². The van der Waals surface area contributed by atoms with Crippen molar-refractivity contribution >= 4 is 45.5 Å². The Kier molecular flexibility index (Phi) is 10.9. The van der Waals surface area contributed by atoms with Crippen LogP contribution < -0.4 is 10.0 Å². The van der Waals surface area contributed by atoms with Crippen LogP contribution in [0.5, 0.6) is 0 Å². The lowest BCUT2D eigenvalue weighted by molar-refractivity contribution is -0.122. The predicted octanol–water partition coefficient (Wildman–Crippen LogP) is 6.56. The zero-order valence-corrected chi connectivity index (χ0v) is 32.6. The molecule has 1 amide bonds. The van der Waals surface area contributed by atoms with Gasteiger partial charge in [-0.2, -0.15) is 19.0 Å². The average Bonchev–Trinajstić information content (AvgIpc) is 3.77. The minimum Gasteiger partial charge on any atom is -0.755 e. The molecule has 5 unspecified atom stereocenters. The van der Waals surface area contributed by atoms with Crippen LogP contribution in [0.15, 0.2) is 42.5 Å². The maximum atomic E-state index is 15.9. The van der Waals surface area contributed by atoms with Crippen LogP contribution >= 0.6 is 11.6 Å². The smallest absolute Gasteiger partial charge is 0.291 e. The largest absolute Gasteiger partial charge is 0.755 e. The number of fused-ring (bicyclic) bond motifs is 8. The maximum absolute atomic E-state index is 15.9. The van der Waals surface area contributed by atoms with Gasteiger partial charge in [-0.1, -0.05) is 35.6 Å². The molecule has 0 radical (unpaired) electrons. The second-order valence-corrected chi connectivity index (χ2v) is 15.8. The summed E-state index contributed by atoms with van der Waals surface area (Å²) in [7, 11) is 1.55. The molecular formula is C40H34ClF5N7O4S-. The number of rotatable bonds is 4. The van der Waals surface area contributed by atoms with Crippen LogP contribution in [0.25, 0.3) is 22.0 Å². The predicted molar refractivity (Wildman–Crippen MR) is 205 cm³/mol. The summed E-state index contributed by atoms with van der Waals surface area (Å²) in [5, 5.41) is 21.9. The van der Waals surface area contributed by atoms with Crippen LogP contribution in [0.2, 0.25) is 5.02 Å². The number of halogens is 6. The van der Waals surface area contributed by atoms with Gasteiger partial charge in [0.05, 0.1) is 33.6 Å². The molecule has 4 bridgehead atoms. The number of nitrogens with one attached hydrogen (secondary N) is 2. The van der Waals surface area contributed by atoms with Gasteiger partial charge in [0, 0.05) is 41.4 Å². The molecule has 5 aromatic rings. The number of hydrogen-bond acceptors (Lipinski definition) is 7. The number of amides is 1. The number of aromatic nitrogens is 5. The number of aliphatic hydroxyl groups is 1. The monoisotopic (exact) mass is 838 g/mol. The van der Waals surface area contributed by atoms with Crippen molar-refractivity contribution in [2.45, 2.75) is 81.9 Å². The van der Waals surface area contributed by atoms with Gasteiger partial charge in [0.2, 0.25) is 5.91 Å². The highest BCUT2D eigenvalue weighted by molar-refractivity contribution is 7.80. The minimum absolute atomic E-state index is 0.0737. The van der Waals surface area contributed by atoms with E-state index in [1.165, 1.54) is 36.7 Å². The van der Waals surface area contributed by atoms with Crippen LogP contribution in [0.1, 0.15) is 84.3 Å². The Bertz CT molecular complexity index is 2610. The van der Waals surface area contributed by atoms with Gasteiger partial charge in [-0.3, -0.25) is 23.1 Å². The van der Waals surface area contributed by atoms with E-state index in [-0.39, 0.29) is 46.0 Å². The molecule has 2 aromatic carbocycles. The van der Waals surface area contributed by atoms with Crippen molar-refractivity contribution in [3.63, 3.8) is 0 Å². The Morgan fingerprint density at radius 2 is 1.84 bits per heavy atom. The van der Waals surface area contributed by atoms with Crippen molar-refractivity contribution in [3.8, 4) is 35.3 Å². The summed E-state index contributed by atoms with van der Waals surface area (Å²) in [6, 6.07) is 9.09. The Balaban J connectivity index is 1.44. The van der Waals surface area contributed by atoms with Gasteiger partial charge in [0.25, 0.3) is 5.92 Å². The fourth-order valence-corrected chi connectivity index (χ4v) is 8.11. The van der Waals surface area contributed by atoms with Gasteiger partial charge in [0.1, 0.15) is 41.2 Å². The molecule has 3 aromatic heterocycles. The molecular weight excluding hydrogens is 805 g/mol. The topological polar surface area (TPSA) is 150 Å². The number of aryl methyl sites for hydroxylation is 2. The standard InChI is InChI=1S/C40H35ClF5N7O4S/c1-5-22-18-40(45,46)37-31(22)35-33(44)28(43)11-6-20-14-21(16-23(42)15-20)17-29(48-30(54)19-53(37)49-35)34-25(8-7-24(47-34)12-13-39(2,3)55)26-9-10-27(41)32-36(26)52(4)50-38(32)51-58(56)57/h1,7-10,14-16,22,28-29,33,55H,6,11,17-19H2,2-4H3,(H,48,54)(H,50,51)(H,56,57)/p-1. The molecule has 1 aliphatic heterocycles. The molecule has 18 heteroatoms. The van der Waals surface area contributed by atoms with Crippen molar-refractivity contribution in [2.24, 2.45) is 7.05 Å². The highest BCUT2D eigenvalue weighted by Gasteiger charge is 2.51. The van der Waals surface area contributed by atoms with Crippen molar-refractivity contribution < 1.29 is 40.6 Å². The van der Waals surface area contributed by atoms with Gasteiger partial charge in [-0.15, -0.1) is 6.42 Å². The van der Waals surface area contributed by atoms with E-state index in [0.29, 0.717) is 32.5 Å². The van der Waals surface area contributed by atoms with Crippen LogP contribution in [0.3, 0.4) is 0 Å². The van der Waals surface area contributed by atoms with Crippen LogP contribution in [-0.4, -0.2) is 56.1 Å². The first kappa shape index (κ1) is 40.9. The highest BCUT2D eigenvalue weighted by Crippen LogP contribution is 2.51. The molecule has 0 saturated heterocycles. The van der Waals surface area contributed by atoms with Crippen molar-refractivity contribution in [2.75, 3.05) is 4.72 Å². The Morgan fingerprint density at radius 3 is 2.55 bits per heavy atom. The van der Waals surface area contributed by atoms with E-state index in [2.05, 4.69) is 38.0 Å². The molecule has 302 valence electrons. The fraction of sp³-hybridized carbons (Fsp3) is 0.350. The fourth-order valence-electron chi connectivity index (χ4n) is 7.57. The molecule has 5 atom stereocenters. The van der Waals surface area contributed by atoms with E-state index in [4.69, 9.17) is 23.0 Å². The average molecular weight is 839 g/mol. The molecule has 11 nitrogen and oxygen atoms in total. The number of benzene rings is 2. The molecule has 0 saturated carbocycles. The Labute approximate surface area is 336 Å². The third kappa shape index (κ3) is 8.04. The van der Waals surface area contributed by atoms with Crippen molar-refractivity contribution in [1.82, 2.24) is 29.9 Å². The van der Waals surface area contributed by atoms with Gasteiger partial charge in [-0.25, -0.2) is 18.2 Å². The SMILES string of the molecule is C#CC1CC(F)(F)c2c1c1nn2CC(=O)NC(c2nc(C#CC(C)(C)O)ccc2-c2ccc(Cl)c3c(NS(=O)[O-])nn(C)c23)Cc2cc(F)cc(c2)CCC(F)C1F. The number of carbonyl (C=O) groups excluding carboxylic acids is 1. The summed E-state index contributed by atoms with van der Waals surface area (Å²) < 4.78 is 106.